The molecule has 0 atom stereocenters. The van der Waals surface area contributed by atoms with E-state index < -0.39 is 15.4 Å². The Hall–Kier alpha value is -1.31. The zero-order valence-corrected chi connectivity index (χ0v) is 11.2. The Labute approximate surface area is 106 Å². The largest absolute Gasteiger partial charge is 0.397 e. The minimum Gasteiger partial charge on any atom is -0.397 e. The van der Waals surface area contributed by atoms with Gasteiger partial charge in [-0.1, -0.05) is 0 Å². The zero-order chi connectivity index (χ0) is 14.0. The van der Waals surface area contributed by atoms with Gasteiger partial charge in [-0.15, -0.1) is 0 Å². The standard InChI is InChI=1S/C11H18N2O4S/c1-11(6-14,7-15)13-10-4-3-8(5-9(10)12)18(2,16)17/h3-5,13-15H,6-7,12H2,1-2H3. The van der Waals surface area contributed by atoms with Gasteiger partial charge >= 0.3 is 0 Å². The lowest BCUT2D eigenvalue weighted by Crippen LogP contribution is -2.42. The summed E-state index contributed by atoms with van der Waals surface area (Å²) in [4.78, 5) is 0.125. The predicted molar refractivity (Wildman–Crippen MR) is 70.2 cm³/mol. The smallest absolute Gasteiger partial charge is 0.175 e. The molecule has 0 aliphatic heterocycles. The molecular formula is C11H18N2O4S. The molecule has 0 radical (unpaired) electrons. The van der Waals surface area contributed by atoms with E-state index in [4.69, 9.17) is 15.9 Å². The number of aliphatic hydroxyl groups is 2. The van der Waals surface area contributed by atoms with E-state index in [0.717, 1.165) is 6.26 Å². The van der Waals surface area contributed by atoms with Crippen molar-refractivity contribution in [1.29, 1.82) is 0 Å². The maximum Gasteiger partial charge on any atom is 0.175 e. The molecule has 102 valence electrons. The van der Waals surface area contributed by atoms with Crippen molar-refractivity contribution >= 4 is 21.2 Å². The summed E-state index contributed by atoms with van der Waals surface area (Å²) < 4.78 is 22.7. The van der Waals surface area contributed by atoms with Gasteiger partial charge in [0.1, 0.15) is 0 Å². The third kappa shape index (κ3) is 3.34. The molecule has 0 unspecified atom stereocenters. The van der Waals surface area contributed by atoms with Crippen LogP contribution in [-0.4, -0.2) is 43.6 Å². The van der Waals surface area contributed by atoms with Gasteiger partial charge in [0.25, 0.3) is 0 Å². The van der Waals surface area contributed by atoms with Gasteiger partial charge in [-0.2, -0.15) is 0 Å². The average Bonchev–Trinajstić information content (AvgIpc) is 2.30. The minimum absolute atomic E-state index is 0.125. The molecule has 6 nitrogen and oxygen atoms in total. The number of nitrogens with two attached hydrogens (primary N) is 1. The molecule has 1 aromatic rings. The molecule has 0 aliphatic carbocycles. The Kier molecular flexibility index (Phi) is 4.20. The van der Waals surface area contributed by atoms with Gasteiger partial charge in [0.15, 0.2) is 9.84 Å². The molecule has 5 N–H and O–H groups in total. The molecule has 7 heteroatoms. The van der Waals surface area contributed by atoms with Gasteiger partial charge in [0.05, 0.1) is 35.0 Å². The summed E-state index contributed by atoms with van der Waals surface area (Å²) in [6.45, 7) is 1.06. The number of nitrogen functional groups attached to an aromatic ring is 1. The summed E-state index contributed by atoms with van der Waals surface area (Å²) in [5.74, 6) is 0. The van der Waals surface area contributed by atoms with Crippen LogP contribution in [0.4, 0.5) is 11.4 Å². The highest BCUT2D eigenvalue weighted by molar-refractivity contribution is 7.90. The molecule has 0 spiro atoms. The number of rotatable bonds is 5. The monoisotopic (exact) mass is 274 g/mol. The number of anilines is 2. The lowest BCUT2D eigenvalue weighted by atomic mass is 10.0. The Morgan fingerprint density at radius 1 is 1.33 bits per heavy atom. The lowest BCUT2D eigenvalue weighted by Gasteiger charge is -2.28. The van der Waals surface area contributed by atoms with Gasteiger partial charge in [0, 0.05) is 6.26 Å². The average molecular weight is 274 g/mol. The predicted octanol–water partition coefficient (Wildman–Crippen LogP) is -0.172. The summed E-state index contributed by atoms with van der Waals surface area (Å²) in [5, 5.41) is 21.2. The fourth-order valence-electron chi connectivity index (χ4n) is 1.34. The molecule has 0 bridgehead atoms. The number of hydrogen-bond donors (Lipinski definition) is 4. The van der Waals surface area contributed by atoms with Crippen LogP contribution >= 0.6 is 0 Å². The van der Waals surface area contributed by atoms with E-state index in [9.17, 15) is 8.42 Å². The normalized spacial score (nSPS) is 12.4. The van der Waals surface area contributed by atoms with Crippen molar-refractivity contribution < 1.29 is 18.6 Å². The first-order valence-electron chi connectivity index (χ1n) is 5.31. The molecule has 0 aliphatic rings. The van der Waals surface area contributed by atoms with Crippen molar-refractivity contribution in [2.75, 3.05) is 30.5 Å². The van der Waals surface area contributed by atoms with Crippen molar-refractivity contribution in [1.82, 2.24) is 0 Å². The fraction of sp³-hybridized carbons (Fsp3) is 0.455. The number of nitrogens with one attached hydrogen (secondary N) is 1. The van der Waals surface area contributed by atoms with Crippen LogP contribution in [0.3, 0.4) is 0 Å². The zero-order valence-electron chi connectivity index (χ0n) is 10.3. The molecular weight excluding hydrogens is 256 g/mol. The summed E-state index contributed by atoms with van der Waals surface area (Å²) in [5.41, 5.74) is 5.54. The van der Waals surface area contributed by atoms with Crippen LogP contribution in [0.15, 0.2) is 23.1 Å². The highest BCUT2D eigenvalue weighted by Gasteiger charge is 2.23. The Balaban J connectivity index is 3.08. The second-order valence-corrected chi connectivity index (χ2v) is 6.54. The van der Waals surface area contributed by atoms with Crippen LogP contribution in [0, 0.1) is 0 Å². The third-order valence-electron chi connectivity index (χ3n) is 2.59. The number of sulfone groups is 1. The van der Waals surface area contributed by atoms with E-state index >= 15 is 0 Å². The Bertz CT molecular complexity index is 524. The first-order chi connectivity index (χ1) is 8.22. The van der Waals surface area contributed by atoms with Crippen LogP contribution in [-0.2, 0) is 9.84 Å². The molecule has 0 fully saturated rings. The molecule has 0 saturated carbocycles. The van der Waals surface area contributed by atoms with E-state index in [1.54, 1.807) is 6.92 Å². The van der Waals surface area contributed by atoms with Crippen molar-refractivity contribution in [2.24, 2.45) is 0 Å². The van der Waals surface area contributed by atoms with Gasteiger partial charge in [-0.25, -0.2) is 8.42 Å². The van der Waals surface area contributed by atoms with Crippen LogP contribution in [0.25, 0.3) is 0 Å². The van der Waals surface area contributed by atoms with Gasteiger partial charge < -0.3 is 21.3 Å². The Morgan fingerprint density at radius 3 is 2.28 bits per heavy atom. The molecule has 0 aromatic heterocycles. The van der Waals surface area contributed by atoms with E-state index in [-0.39, 0.29) is 23.8 Å². The highest BCUT2D eigenvalue weighted by Crippen LogP contribution is 2.25. The van der Waals surface area contributed by atoms with Crippen molar-refractivity contribution in [3.63, 3.8) is 0 Å². The maximum absolute atomic E-state index is 11.3. The number of hydrogen-bond acceptors (Lipinski definition) is 6. The topological polar surface area (TPSA) is 113 Å². The SMILES string of the molecule is CC(CO)(CO)Nc1ccc(S(C)(=O)=O)cc1N. The van der Waals surface area contributed by atoms with Crippen LogP contribution in [0.1, 0.15) is 6.92 Å². The summed E-state index contributed by atoms with van der Waals surface area (Å²) in [6.07, 6.45) is 1.10. The Morgan fingerprint density at radius 2 is 1.89 bits per heavy atom. The van der Waals surface area contributed by atoms with Crippen molar-refractivity contribution in [3.8, 4) is 0 Å². The van der Waals surface area contributed by atoms with E-state index in [1.807, 2.05) is 0 Å². The summed E-state index contributed by atoms with van der Waals surface area (Å²) in [6, 6.07) is 4.27. The molecule has 0 heterocycles. The lowest BCUT2D eigenvalue weighted by molar-refractivity contribution is 0.147. The molecule has 1 aromatic carbocycles. The molecule has 0 amide bonds. The first kappa shape index (κ1) is 14.7. The minimum atomic E-state index is -3.30. The van der Waals surface area contributed by atoms with E-state index in [2.05, 4.69) is 5.32 Å². The second kappa shape index (κ2) is 5.13. The van der Waals surface area contributed by atoms with Crippen LogP contribution in [0.2, 0.25) is 0 Å². The molecule has 18 heavy (non-hydrogen) atoms. The first-order valence-corrected chi connectivity index (χ1v) is 7.20. The van der Waals surface area contributed by atoms with E-state index in [1.165, 1.54) is 18.2 Å². The van der Waals surface area contributed by atoms with Gasteiger partial charge in [-0.05, 0) is 25.1 Å². The number of aliphatic hydroxyl groups excluding tert-OH is 2. The summed E-state index contributed by atoms with van der Waals surface area (Å²) >= 11 is 0. The van der Waals surface area contributed by atoms with Crippen molar-refractivity contribution in [2.45, 2.75) is 17.4 Å². The van der Waals surface area contributed by atoms with Gasteiger partial charge in [-0.3, -0.25) is 0 Å². The second-order valence-electron chi connectivity index (χ2n) is 4.52. The highest BCUT2D eigenvalue weighted by atomic mass is 32.2. The molecule has 1 rings (SSSR count). The quantitative estimate of drug-likeness (QED) is 0.554. The van der Waals surface area contributed by atoms with Crippen LogP contribution < -0.4 is 11.1 Å². The summed E-state index contributed by atoms with van der Waals surface area (Å²) in [7, 11) is -3.30. The van der Waals surface area contributed by atoms with E-state index in [0.29, 0.717) is 5.69 Å². The van der Waals surface area contributed by atoms with Crippen molar-refractivity contribution in [3.05, 3.63) is 18.2 Å². The third-order valence-corrected chi connectivity index (χ3v) is 3.70. The molecule has 0 saturated heterocycles. The maximum atomic E-state index is 11.3. The van der Waals surface area contributed by atoms with Crippen LogP contribution in [0.5, 0.6) is 0 Å². The number of benzene rings is 1. The fourth-order valence-corrected chi connectivity index (χ4v) is 2.00. The van der Waals surface area contributed by atoms with Gasteiger partial charge in [0.2, 0.25) is 0 Å².